The van der Waals surface area contributed by atoms with Crippen LogP contribution in [0.15, 0.2) is 6.07 Å². The number of aliphatic hydroxyl groups excluding tert-OH is 2. The molecule has 0 saturated carbocycles. The number of β-amino-alcohol motifs (C(OH)–C–C–N with tert-alkyl or cyclic N) is 1. The fourth-order valence-corrected chi connectivity index (χ4v) is 2.34. The minimum Gasteiger partial charge on any atom is -0.396 e. The van der Waals surface area contributed by atoms with Crippen molar-refractivity contribution in [2.24, 2.45) is 13.0 Å². The number of piperidine rings is 1. The first kappa shape index (κ1) is 14.9. The molecule has 6 nitrogen and oxygen atoms in total. The van der Waals surface area contributed by atoms with Crippen LogP contribution in [0.2, 0.25) is 0 Å². The number of alkyl halides is 2. The van der Waals surface area contributed by atoms with Gasteiger partial charge in [-0.15, -0.1) is 0 Å². The van der Waals surface area contributed by atoms with Gasteiger partial charge in [0.1, 0.15) is 11.4 Å². The van der Waals surface area contributed by atoms with Crippen molar-refractivity contribution in [1.82, 2.24) is 14.7 Å². The van der Waals surface area contributed by atoms with Crippen molar-refractivity contribution in [3.8, 4) is 0 Å². The third-order valence-corrected chi connectivity index (χ3v) is 3.58. The molecule has 2 N–H and O–H groups in total. The van der Waals surface area contributed by atoms with E-state index in [1.165, 1.54) is 11.9 Å². The average Bonchev–Trinajstić information content (AvgIpc) is 2.80. The molecule has 0 radical (unpaired) electrons. The van der Waals surface area contributed by atoms with Gasteiger partial charge in [-0.25, -0.2) is 8.78 Å². The largest absolute Gasteiger partial charge is 0.396 e. The van der Waals surface area contributed by atoms with Gasteiger partial charge in [0.2, 0.25) is 0 Å². The number of carbonyl (C=O) groups is 1. The van der Waals surface area contributed by atoms with Crippen molar-refractivity contribution in [2.75, 3.05) is 19.7 Å². The van der Waals surface area contributed by atoms with Gasteiger partial charge in [-0.1, -0.05) is 0 Å². The minimum atomic E-state index is -2.73. The van der Waals surface area contributed by atoms with E-state index in [1.54, 1.807) is 0 Å². The predicted molar refractivity (Wildman–Crippen MR) is 65.3 cm³/mol. The van der Waals surface area contributed by atoms with Crippen molar-refractivity contribution in [3.63, 3.8) is 0 Å². The third kappa shape index (κ3) is 2.80. The number of aryl methyl sites for hydroxylation is 1. The Morgan fingerprint density at radius 2 is 2.30 bits per heavy atom. The van der Waals surface area contributed by atoms with Crippen molar-refractivity contribution < 1.29 is 23.8 Å². The van der Waals surface area contributed by atoms with Gasteiger partial charge in [-0.3, -0.25) is 9.48 Å². The molecule has 0 aliphatic carbocycles. The molecule has 1 fully saturated rings. The van der Waals surface area contributed by atoms with Gasteiger partial charge < -0.3 is 15.1 Å². The van der Waals surface area contributed by atoms with Crippen LogP contribution in [0.3, 0.4) is 0 Å². The molecule has 2 heterocycles. The summed E-state index contributed by atoms with van der Waals surface area (Å²) < 4.78 is 26.2. The van der Waals surface area contributed by atoms with E-state index in [4.69, 9.17) is 5.11 Å². The second kappa shape index (κ2) is 5.84. The summed E-state index contributed by atoms with van der Waals surface area (Å²) in [5.74, 6) is -0.690. The lowest BCUT2D eigenvalue weighted by atomic mass is 9.94. The highest BCUT2D eigenvalue weighted by Gasteiger charge is 2.31. The molecule has 1 aliphatic heterocycles. The lowest BCUT2D eigenvalue weighted by Gasteiger charge is -2.35. The molecule has 1 amide bonds. The second-order valence-corrected chi connectivity index (χ2v) is 4.93. The average molecular weight is 289 g/mol. The van der Waals surface area contributed by atoms with E-state index in [0.717, 1.165) is 10.7 Å². The van der Waals surface area contributed by atoms with E-state index in [2.05, 4.69) is 5.10 Å². The van der Waals surface area contributed by atoms with E-state index < -0.39 is 24.1 Å². The molecule has 2 rings (SSSR count). The standard InChI is InChI=1S/C12H17F2N3O3/c1-16-9(4-8(15-16)11(13)14)12(20)17-3-2-7(6-18)10(19)5-17/h4,7,10-11,18-19H,2-3,5-6H2,1H3/t7-,10+/m1/s1. The number of hydrogen-bond donors (Lipinski definition) is 2. The lowest BCUT2D eigenvalue weighted by molar-refractivity contribution is 0.000470. The van der Waals surface area contributed by atoms with Gasteiger partial charge in [0.05, 0.1) is 6.10 Å². The number of aliphatic hydroxyl groups is 2. The Kier molecular flexibility index (Phi) is 4.34. The van der Waals surface area contributed by atoms with Crippen LogP contribution in [0.1, 0.15) is 29.0 Å². The Labute approximate surface area is 114 Å². The molecule has 0 bridgehead atoms. The first-order valence-electron chi connectivity index (χ1n) is 6.34. The fourth-order valence-electron chi connectivity index (χ4n) is 2.34. The zero-order valence-corrected chi connectivity index (χ0v) is 11.0. The Bertz CT molecular complexity index is 492. The molecule has 0 spiro atoms. The maximum Gasteiger partial charge on any atom is 0.282 e. The van der Waals surface area contributed by atoms with Gasteiger partial charge >= 0.3 is 0 Å². The number of aromatic nitrogens is 2. The molecular weight excluding hydrogens is 272 g/mol. The molecule has 1 aromatic heterocycles. The molecule has 0 unspecified atom stereocenters. The van der Waals surface area contributed by atoms with Crippen LogP contribution >= 0.6 is 0 Å². The van der Waals surface area contributed by atoms with Crippen molar-refractivity contribution in [2.45, 2.75) is 19.0 Å². The maximum absolute atomic E-state index is 12.6. The number of rotatable bonds is 3. The Morgan fingerprint density at radius 1 is 1.60 bits per heavy atom. The SMILES string of the molecule is Cn1nc(C(F)F)cc1C(=O)N1CC[C@H](CO)[C@@H](O)C1. The second-order valence-electron chi connectivity index (χ2n) is 4.93. The number of nitrogens with zero attached hydrogens (tertiary/aromatic N) is 3. The van der Waals surface area contributed by atoms with E-state index >= 15 is 0 Å². The molecule has 1 saturated heterocycles. The molecule has 0 aromatic carbocycles. The van der Waals surface area contributed by atoms with Crippen LogP contribution in [-0.4, -0.2) is 56.6 Å². The number of hydrogen-bond acceptors (Lipinski definition) is 4. The van der Waals surface area contributed by atoms with E-state index in [0.29, 0.717) is 13.0 Å². The third-order valence-electron chi connectivity index (χ3n) is 3.58. The molecule has 2 atom stereocenters. The van der Waals surface area contributed by atoms with Gasteiger partial charge in [0.25, 0.3) is 12.3 Å². The summed E-state index contributed by atoms with van der Waals surface area (Å²) >= 11 is 0. The summed E-state index contributed by atoms with van der Waals surface area (Å²) in [5, 5.41) is 22.4. The first-order valence-corrected chi connectivity index (χ1v) is 6.34. The smallest absolute Gasteiger partial charge is 0.282 e. The van der Waals surface area contributed by atoms with Crippen molar-refractivity contribution >= 4 is 5.91 Å². The molecular formula is C12H17F2N3O3. The molecule has 8 heteroatoms. The van der Waals surface area contributed by atoms with Crippen molar-refractivity contribution in [3.05, 3.63) is 17.5 Å². The van der Waals surface area contributed by atoms with Crippen LogP contribution in [0, 0.1) is 5.92 Å². The fraction of sp³-hybridized carbons (Fsp3) is 0.667. The highest BCUT2D eigenvalue weighted by molar-refractivity contribution is 5.92. The molecule has 20 heavy (non-hydrogen) atoms. The van der Waals surface area contributed by atoms with Crippen molar-refractivity contribution in [1.29, 1.82) is 0 Å². The number of carbonyl (C=O) groups excluding carboxylic acids is 1. The van der Waals surface area contributed by atoms with E-state index in [9.17, 15) is 18.7 Å². The van der Waals surface area contributed by atoms with Gasteiger partial charge in [0.15, 0.2) is 0 Å². The zero-order chi connectivity index (χ0) is 14.9. The molecule has 1 aromatic rings. The summed E-state index contributed by atoms with van der Waals surface area (Å²) in [4.78, 5) is 13.6. The highest BCUT2D eigenvalue weighted by Crippen LogP contribution is 2.22. The number of likely N-dealkylation sites (tertiary alicyclic amines) is 1. The number of amides is 1. The van der Waals surface area contributed by atoms with E-state index in [1.807, 2.05) is 0 Å². The number of halogens is 2. The Hall–Kier alpha value is -1.54. The quantitative estimate of drug-likeness (QED) is 0.831. The highest BCUT2D eigenvalue weighted by atomic mass is 19.3. The first-order chi connectivity index (χ1) is 9.43. The summed E-state index contributed by atoms with van der Waals surface area (Å²) in [6, 6.07) is 1.07. The van der Waals surface area contributed by atoms with Crippen LogP contribution in [0.25, 0.3) is 0 Å². The lowest BCUT2D eigenvalue weighted by Crippen LogP contribution is -2.47. The Morgan fingerprint density at radius 3 is 2.80 bits per heavy atom. The van der Waals surface area contributed by atoms with Crippen LogP contribution < -0.4 is 0 Å². The normalized spacial score (nSPS) is 23.4. The van der Waals surface area contributed by atoms with Crippen LogP contribution in [0.5, 0.6) is 0 Å². The van der Waals surface area contributed by atoms with Crippen LogP contribution in [0.4, 0.5) is 8.78 Å². The Balaban J connectivity index is 2.12. The topological polar surface area (TPSA) is 78.6 Å². The summed E-state index contributed by atoms with van der Waals surface area (Å²) in [7, 11) is 1.43. The predicted octanol–water partition coefficient (Wildman–Crippen LogP) is 0.173. The summed E-state index contributed by atoms with van der Waals surface area (Å²) in [6.07, 6.45) is -3.06. The minimum absolute atomic E-state index is 0.0648. The summed E-state index contributed by atoms with van der Waals surface area (Å²) in [5.41, 5.74) is -0.378. The summed E-state index contributed by atoms with van der Waals surface area (Å²) in [6.45, 7) is 0.319. The maximum atomic E-state index is 12.6. The molecule has 112 valence electrons. The van der Waals surface area contributed by atoms with Gasteiger partial charge in [-0.2, -0.15) is 5.10 Å². The molecule has 1 aliphatic rings. The van der Waals surface area contributed by atoms with Gasteiger partial charge in [0, 0.05) is 32.7 Å². The van der Waals surface area contributed by atoms with Gasteiger partial charge in [-0.05, 0) is 12.5 Å². The zero-order valence-electron chi connectivity index (χ0n) is 11.0. The van der Waals surface area contributed by atoms with E-state index in [-0.39, 0.29) is 24.8 Å². The van der Waals surface area contributed by atoms with Crippen LogP contribution in [-0.2, 0) is 7.05 Å². The monoisotopic (exact) mass is 289 g/mol.